The molecular formula is C13H17N3O4. The van der Waals surface area contributed by atoms with Crippen LogP contribution < -0.4 is 4.90 Å². The molecule has 7 nitrogen and oxygen atoms in total. The fraction of sp³-hybridized carbons (Fsp3) is 0.538. The van der Waals surface area contributed by atoms with E-state index in [0.29, 0.717) is 0 Å². The summed E-state index contributed by atoms with van der Waals surface area (Å²) in [6.45, 7) is 1.44. The lowest BCUT2D eigenvalue weighted by Crippen LogP contribution is -2.26. The highest BCUT2D eigenvalue weighted by molar-refractivity contribution is 5.88. The summed E-state index contributed by atoms with van der Waals surface area (Å²) in [5, 5.41) is 11.1. The number of ether oxygens (including phenoxy) is 1. The summed E-state index contributed by atoms with van der Waals surface area (Å²) in [6.07, 6.45) is 4.17. The quantitative estimate of drug-likeness (QED) is 0.479. The van der Waals surface area contributed by atoms with Crippen LogP contribution in [0.5, 0.6) is 0 Å². The first-order valence-electron chi connectivity index (χ1n) is 6.62. The predicted octanol–water partition coefficient (Wildman–Crippen LogP) is 2.16. The summed E-state index contributed by atoms with van der Waals surface area (Å²) in [5.74, 6) is -0.323. The maximum absolute atomic E-state index is 11.5. The molecule has 1 aliphatic heterocycles. The Hall–Kier alpha value is -2.18. The average molecular weight is 279 g/mol. The van der Waals surface area contributed by atoms with E-state index < -0.39 is 10.9 Å². The molecule has 0 bridgehead atoms. The van der Waals surface area contributed by atoms with E-state index in [1.165, 1.54) is 19.2 Å². The monoisotopic (exact) mass is 279 g/mol. The number of esters is 1. The van der Waals surface area contributed by atoms with Crippen LogP contribution in [0.1, 0.15) is 36.2 Å². The van der Waals surface area contributed by atoms with Crippen LogP contribution in [0.2, 0.25) is 0 Å². The van der Waals surface area contributed by atoms with Crippen molar-refractivity contribution < 1.29 is 14.5 Å². The lowest BCUT2D eigenvalue weighted by molar-refractivity contribution is -0.384. The summed E-state index contributed by atoms with van der Waals surface area (Å²) in [6, 6.07) is 2.64. The maximum atomic E-state index is 11.5. The lowest BCUT2D eigenvalue weighted by atomic mass is 10.2. The first-order valence-corrected chi connectivity index (χ1v) is 6.62. The zero-order valence-electron chi connectivity index (χ0n) is 11.4. The van der Waals surface area contributed by atoms with Gasteiger partial charge in [-0.3, -0.25) is 10.1 Å². The Morgan fingerprint density at radius 3 is 2.50 bits per heavy atom. The van der Waals surface area contributed by atoms with E-state index in [-0.39, 0.29) is 17.2 Å². The molecule has 0 N–H and O–H groups in total. The minimum atomic E-state index is -0.587. The van der Waals surface area contributed by atoms with Gasteiger partial charge in [-0.1, -0.05) is 12.8 Å². The second-order valence-corrected chi connectivity index (χ2v) is 4.69. The third kappa shape index (κ3) is 3.04. The number of methoxy groups -OCH3 is 1. The molecule has 2 heterocycles. The number of hydrogen-bond donors (Lipinski definition) is 0. The topological polar surface area (TPSA) is 85.6 Å². The highest BCUT2D eigenvalue weighted by Gasteiger charge is 2.24. The number of rotatable bonds is 3. The molecule has 1 aliphatic rings. The van der Waals surface area contributed by atoms with Gasteiger partial charge in [-0.15, -0.1) is 0 Å². The molecule has 1 aromatic rings. The third-order valence-corrected chi connectivity index (χ3v) is 3.35. The number of carbonyl (C=O) groups is 1. The second kappa shape index (κ2) is 6.31. The average Bonchev–Trinajstić information content (AvgIpc) is 2.74. The molecule has 1 saturated heterocycles. The minimum absolute atomic E-state index is 0.0699. The van der Waals surface area contributed by atoms with Crippen LogP contribution in [-0.4, -0.2) is 36.1 Å². The van der Waals surface area contributed by atoms with E-state index in [0.717, 1.165) is 38.8 Å². The number of nitro groups is 1. The summed E-state index contributed by atoms with van der Waals surface area (Å²) in [5.41, 5.74) is 0.0249. The van der Waals surface area contributed by atoms with Crippen molar-refractivity contribution in [2.24, 2.45) is 0 Å². The van der Waals surface area contributed by atoms with Crippen LogP contribution in [0.4, 0.5) is 11.5 Å². The van der Waals surface area contributed by atoms with Crippen molar-refractivity contribution in [3.63, 3.8) is 0 Å². The van der Waals surface area contributed by atoms with Gasteiger partial charge >= 0.3 is 11.7 Å². The Morgan fingerprint density at radius 1 is 1.30 bits per heavy atom. The zero-order valence-corrected chi connectivity index (χ0v) is 11.4. The van der Waals surface area contributed by atoms with Gasteiger partial charge in [0.15, 0.2) is 5.69 Å². The molecule has 0 radical (unpaired) electrons. The van der Waals surface area contributed by atoms with Crippen molar-refractivity contribution in [3.8, 4) is 0 Å². The van der Waals surface area contributed by atoms with Gasteiger partial charge in [0.05, 0.1) is 12.0 Å². The molecule has 7 heteroatoms. The van der Waals surface area contributed by atoms with Gasteiger partial charge in [0.1, 0.15) is 0 Å². The first kappa shape index (κ1) is 14.2. The molecule has 20 heavy (non-hydrogen) atoms. The highest BCUT2D eigenvalue weighted by Crippen LogP contribution is 2.28. The van der Waals surface area contributed by atoms with Gasteiger partial charge in [0, 0.05) is 19.2 Å². The number of anilines is 1. The number of pyridine rings is 1. The van der Waals surface area contributed by atoms with Crippen LogP contribution in [0.15, 0.2) is 12.1 Å². The summed E-state index contributed by atoms with van der Waals surface area (Å²) >= 11 is 0. The highest BCUT2D eigenvalue weighted by atomic mass is 16.6. The van der Waals surface area contributed by atoms with Gasteiger partial charge in [0.25, 0.3) is 0 Å². The smallest absolute Gasteiger partial charge is 0.356 e. The Kier molecular flexibility index (Phi) is 4.49. The van der Waals surface area contributed by atoms with Gasteiger partial charge in [-0.2, -0.15) is 0 Å². The molecular weight excluding hydrogens is 262 g/mol. The molecule has 0 atom stereocenters. The molecule has 2 rings (SSSR count). The SMILES string of the molecule is COC(=O)c1ccc([N+](=O)[O-])c(N2CCCCCC2)n1. The van der Waals surface area contributed by atoms with Crippen molar-refractivity contribution >= 4 is 17.5 Å². The van der Waals surface area contributed by atoms with Crippen molar-refractivity contribution in [2.75, 3.05) is 25.1 Å². The number of carbonyl (C=O) groups excluding carboxylic acids is 1. The molecule has 0 aliphatic carbocycles. The second-order valence-electron chi connectivity index (χ2n) is 4.69. The van der Waals surface area contributed by atoms with E-state index in [4.69, 9.17) is 0 Å². The molecule has 1 fully saturated rings. The van der Waals surface area contributed by atoms with Crippen LogP contribution >= 0.6 is 0 Å². The zero-order chi connectivity index (χ0) is 14.5. The fourth-order valence-corrected chi connectivity index (χ4v) is 2.32. The molecule has 1 aromatic heterocycles. The maximum Gasteiger partial charge on any atom is 0.356 e. The van der Waals surface area contributed by atoms with E-state index in [1.807, 2.05) is 4.90 Å². The minimum Gasteiger partial charge on any atom is -0.464 e. The molecule has 108 valence electrons. The van der Waals surface area contributed by atoms with Crippen molar-refractivity contribution in [2.45, 2.75) is 25.7 Å². The van der Waals surface area contributed by atoms with Gasteiger partial charge in [0.2, 0.25) is 5.82 Å². The lowest BCUT2D eigenvalue weighted by Gasteiger charge is -2.21. The Balaban J connectivity index is 2.40. The fourth-order valence-electron chi connectivity index (χ4n) is 2.32. The van der Waals surface area contributed by atoms with Gasteiger partial charge in [-0.25, -0.2) is 9.78 Å². The van der Waals surface area contributed by atoms with Crippen molar-refractivity contribution in [3.05, 3.63) is 27.9 Å². The molecule has 0 amide bonds. The number of hydrogen-bond acceptors (Lipinski definition) is 6. The van der Waals surface area contributed by atoms with Crippen molar-refractivity contribution in [1.29, 1.82) is 0 Å². The standard InChI is InChI=1S/C13H17N3O4/c1-20-13(17)10-6-7-11(16(18)19)12(14-10)15-8-4-2-3-5-9-15/h6-7H,2-5,8-9H2,1H3. The van der Waals surface area contributed by atoms with Crippen LogP contribution in [0, 0.1) is 10.1 Å². The Bertz CT molecular complexity index is 510. The first-order chi connectivity index (χ1) is 9.63. The van der Waals surface area contributed by atoms with Crippen LogP contribution in [0.25, 0.3) is 0 Å². The Labute approximate surface area is 116 Å². The van der Waals surface area contributed by atoms with E-state index in [9.17, 15) is 14.9 Å². The Morgan fingerprint density at radius 2 is 1.95 bits per heavy atom. The van der Waals surface area contributed by atoms with Crippen molar-refractivity contribution in [1.82, 2.24) is 4.98 Å². The normalized spacial score (nSPS) is 15.6. The van der Waals surface area contributed by atoms with Gasteiger partial charge < -0.3 is 9.64 Å². The van der Waals surface area contributed by atoms with E-state index >= 15 is 0 Å². The van der Waals surface area contributed by atoms with Crippen LogP contribution in [-0.2, 0) is 4.74 Å². The number of nitrogens with zero attached hydrogens (tertiary/aromatic N) is 3. The third-order valence-electron chi connectivity index (χ3n) is 3.35. The van der Waals surface area contributed by atoms with E-state index in [1.54, 1.807) is 0 Å². The molecule has 0 spiro atoms. The van der Waals surface area contributed by atoms with Gasteiger partial charge in [-0.05, 0) is 18.9 Å². The van der Waals surface area contributed by atoms with E-state index in [2.05, 4.69) is 9.72 Å². The summed E-state index contributed by atoms with van der Waals surface area (Å²) in [7, 11) is 1.26. The molecule has 0 aromatic carbocycles. The summed E-state index contributed by atoms with van der Waals surface area (Å²) < 4.78 is 4.61. The molecule has 0 unspecified atom stereocenters. The van der Waals surface area contributed by atoms with Crippen LogP contribution in [0.3, 0.4) is 0 Å². The molecule has 0 saturated carbocycles. The largest absolute Gasteiger partial charge is 0.464 e. The summed E-state index contributed by atoms with van der Waals surface area (Å²) in [4.78, 5) is 28.2. The number of aromatic nitrogens is 1. The predicted molar refractivity (Wildman–Crippen MR) is 72.9 cm³/mol.